The van der Waals surface area contributed by atoms with Gasteiger partial charge in [0.2, 0.25) is 5.91 Å². The van der Waals surface area contributed by atoms with Gasteiger partial charge >= 0.3 is 0 Å². The summed E-state index contributed by atoms with van der Waals surface area (Å²) in [5.74, 6) is -0.263. The van der Waals surface area contributed by atoms with Crippen molar-refractivity contribution in [2.45, 2.75) is 32.2 Å². The SMILES string of the molecule is CC(NC(=O)CCCc1nc2ccccc2s1)c1ccc(F)cc1. The summed E-state index contributed by atoms with van der Waals surface area (Å²) in [6.07, 6.45) is 2.03. The number of rotatable bonds is 6. The molecule has 3 nitrogen and oxygen atoms in total. The average Bonchev–Trinajstić information content (AvgIpc) is 2.98. The standard InChI is InChI=1S/C19H19FN2OS/c1-13(14-9-11-15(20)12-10-14)21-18(23)7-4-8-19-22-16-5-2-3-6-17(16)24-19/h2-3,5-6,9-13H,4,7-8H2,1H3,(H,21,23). The smallest absolute Gasteiger partial charge is 0.220 e. The molecule has 0 aliphatic carbocycles. The third-order valence-electron chi connectivity index (χ3n) is 3.88. The molecule has 0 fully saturated rings. The van der Waals surface area contributed by atoms with E-state index >= 15 is 0 Å². The van der Waals surface area contributed by atoms with E-state index in [1.54, 1.807) is 23.5 Å². The molecule has 0 saturated heterocycles. The normalized spacial score (nSPS) is 12.2. The lowest BCUT2D eigenvalue weighted by Crippen LogP contribution is -2.26. The highest BCUT2D eigenvalue weighted by molar-refractivity contribution is 7.18. The summed E-state index contributed by atoms with van der Waals surface area (Å²) in [6.45, 7) is 1.90. The lowest BCUT2D eigenvalue weighted by molar-refractivity contribution is -0.121. The molecule has 5 heteroatoms. The molecule has 3 aromatic rings. The maximum absolute atomic E-state index is 12.9. The predicted octanol–water partition coefficient (Wildman–Crippen LogP) is 4.64. The first-order valence-electron chi connectivity index (χ1n) is 8.01. The fourth-order valence-electron chi connectivity index (χ4n) is 2.58. The second kappa shape index (κ2) is 7.53. The van der Waals surface area contributed by atoms with E-state index in [9.17, 15) is 9.18 Å². The minimum absolute atomic E-state index is 0.00735. The molecule has 0 radical (unpaired) electrons. The van der Waals surface area contributed by atoms with Crippen molar-refractivity contribution in [3.63, 3.8) is 0 Å². The fraction of sp³-hybridized carbons (Fsp3) is 0.263. The van der Waals surface area contributed by atoms with Gasteiger partial charge in [-0.2, -0.15) is 0 Å². The third kappa shape index (κ3) is 4.17. The lowest BCUT2D eigenvalue weighted by Gasteiger charge is -2.14. The monoisotopic (exact) mass is 342 g/mol. The summed E-state index contributed by atoms with van der Waals surface area (Å²) in [5.41, 5.74) is 1.92. The maximum Gasteiger partial charge on any atom is 0.220 e. The van der Waals surface area contributed by atoms with E-state index in [2.05, 4.69) is 16.4 Å². The van der Waals surface area contributed by atoms with Crippen LogP contribution < -0.4 is 5.32 Å². The highest BCUT2D eigenvalue weighted by Crippen LogP contribution is 2.22. The number of para-hydroxylation sites is 1. The van der Waals surface area contributed by atoms with Crippen LogP contribution >= 0.6 is 11.3 Å². The van der Waals surface area contributed by atoms with Crippen LogP contribution in [0.4, 0.5) is 4.39 Å². The van der Waals surface area contributed by atoms with Gasteiger partial charge in [-0.25, -0.2) is 9.37 Å². The zero-order chi connectivity index (χ0) is 16.9. The molecule has 24 heavy (non-hydrogen) atoms. The number of aryl methyl sites for hydroxylation is 1. The maximum atomic E-state index is 12.9. The highest BCUT2D eigenvalue weighted by atomic mass is 32.1. The number of hydrogen-bond donors (Lipinski definition) is 1. The van der Waals surface area contributed by atoms with E-state index in [1.165, 1.54) is 16.8 Å². The van der Waals surface area contributed by atoms with E-state index in [-0.39, 0.29) is 17.8 Å². The zero-order valence-electron chi connectivity index (χ0n) is 13.5. The van der Waals surface area contributed by atoms with Crippen molar-refractivity contribution >= 4 is 27.5 Å². The van der Waals surface area contributed by atoms with Crippen molar-refractivity contribution in [1.29, 1.82) is 0 Å². The number of nitrogens with zero attached hydrogens (tertiary/aromatic N) is 1. The predicted molar refractivity (Wildman–Crippen MR) is 95.5 cm³/mol. The molecular weight excluding hydrogens is 323 g/mol. The minimum atomic E-state index is -0.270. The topological polar surface area (TPSA) is 42.0 Å². The number of fused-ring (bicyclic) bond motifs is 1. The van der Waals surface area contributed by atoms with Gasteiger partial charge in [-0.15, -0.1) is 11.3 Å². The largest absolute Gasteiger partial charge is 0.350 e. The van der Waals surface area contributed by atoms with Gasteiger partial charge in [0.1, 0.15) is 5.82 Å². The Labute approximate surface area is 144 Å². The van der Waals surface area contributed by atoms with Gasteiger partial charge in [-0.1, -0.05) is 24.3 Å². The van der Waals surface area contributed by atoms with Crippen LogP contribution in [0.2, 0.25) is 0 Å². The molecule has 1 heterocycles. The second-order valence-corrected chi connectivity index (χ2v) is 6.88. The Kier molecular flexibility index (Phi) is 5.20. The average molecular weight is 342 g/mol. The van der Waals surface area contributed by atoms with E-state index < -0.39 is 0 Å². The van der Waals surface area contributed by atoms with Gasteiger partial charge in [-0.3, -0.25) is 4.79 Å². The van der Waals surface area contributed by atoms with Gasteiger partial charge in [0, 0.05) is 6.42 Å². The molecule has 3 rings (SSSR count). The van der Waals surface area contributed by atoms with Crippen LogP contribution in [0.15, 0.2) is 48.5 Å². The first kappa shape index (κ1) is 16.6. The molecule has 124 valence electrons. The molecule has 0 aliphatic heterocycles. The van der Waals surface area contributed by atoms with Crippen LogP contribution in [0.25, 0.3) is 10.2 Å². The molecule has 1 amide bonds. The molecule has 0 aliphatic rings. The summed E-state index contributed by atoms with van der Waals surface area (Å²) in [7, 11) is 0. The van der Waals surface area contributed by atoms with E-state index in [1.807, 2.05) is 25.1 Å². The van der Waals surface area contributed by atoms with Crippen molar-refractivity contribution < 1.29 is 9.18 Å². The molecule has 0 bridgehead atoms. The van der Waals surface area contributed by atoms with E-state index in [0.29, 0.717) is 6.42 Å². The van der Waals surface area contributed by atoms with Gasteiger partial charge in [0.05, 0.1) is 21.3 Å². The highest BCUT2D eigenvalue weighted by Gasteiger charge is 2.10. The molecule has 0 spiro atoms. The number of aromatic nitrogens is 1. The molecule has 1 atom stereocenters. The number of nitrogens with one attached hydrogen (secondary N) is 1. The Morgan fingerprint density at radius 2 is 1.96 bits per heavy atom. The van der Waals surface area contributed by atoms with Crippen LogP contribution in [0.3, 0.4) is 0 Å². The summed E-state index contributed by atoms with van der Waals surface area (Å²) < 4.78 is 14.1. The number of carbonyl (C=O) groups is 1. The number of thiazole rings is 1. The molecule has 1 N–H and O–H groups in total. The molecule has 0 saturated carbocycles. The first-order valence-corrected chi connectivity index (χ1v) is 8.83. The molecular formula is C19H19FN2OS. The van der Waals surface area contributed by atoms with Crippen molar-refractivity contribution in [1.82, 2.24) is 10.3 Å². The molecule has 1 aromatic heterocycles. The van der Waals surface area contributed by atoms with Crippen LogP contribution in [-0.4, -0.2) is 10.9 Å². The van der Waals surface area contributed by atoms with Crippen LogP contribution in [0.1, 0.15) is 36.4 Å². The minimum Gasteiger partial charge on any atom is -0.350 e. The van der Waals surface area contributed by atoms with Crippen molar-refractivity contribution in [2.75, 3.05) is 0 Å². The Morgan fingerprint density at radius 1 is 1.21 bits per heavy atom. The first-order chi connectivity index (χ1) is 11.6. The van der Waals surface area contributed by atoms with Crippen LogP contribution in [0.5, 0.6) is 0 Å². The van der Waals surface area contributed by atoms with Gasteiger partial charge in [0.25, 0.3) is 0 Å². The summed E-state index contributed by atoms with van der Waals surface area (Å²) >= 11 is 1.68. The number of amides is 1. The Hall–Kier alpha value is -2.27. The second-order valence-electron chi connectivity index (χ2n) is 5.77. The number of benzene rings is 2. The van der Waals surface area contributed by atoms with Crippen molar-refractivity contribution in [3.05, 3.63) is 64.9 Å². The Bertz CT molecular complexity index is 796. The van der Waals surface area contributed by atoms with Gasteiger partial charge in [-0.05, 0) is 49.6 Å². The number of halogens is 1. The number of hydrogen-bond acceptors (Lipinski definition) is 3. The summed E-state index contributed by atoms with van der Waals surface area (Å²) in [5, 5.41) is 4.02. The van der Waals surface area contributed by atoms with E-state index in [0.717, 1.165) is 28.9 Å². The quantitative estimate of drug-likeness (QED) is 0.709. The van der Waals surface area contributed by atoms with Crippen molar-refractivity contribution in [2.24, 2.45) is 0 Å². The molecule has 2 aromatic carbocycles. The van der Waals surface area contributed by atoms with Crippen LogP contribution in [0, 0.1) is 5.82 Å². The zero-order valence-corrected chi connectivity index (χ0v) is 14.3. The Morgan fingerprint density at radius 3 is 2.71 bits per heavy atom. The molecule has 1 unspecified atom stereocenters. The van der Waals surface area contributed by atoms with E-state index in [4.69, 9.17) is 0 Å². The number of carbonyl (C=O) groups excluding carboxylic acids is 1. The van der Waals surface area contributed by atoms with Gasteiger partial charge in [0.15, 0.2) is 0 Å². The Balaban J connectivity index is 1.47. The van der Waals surface area contributed by atoms with Crippen LogP contribution in [-0.2, 0) is 11.2 Å². The van der Waals surface area contributed by atoms with Crippen molar-refractivity contribution in [3.8, 4) is 0 Å². The third-order valence-corrected chi connectivity index (χ3v) is 4.98. The lowest BCUT2D eigenvalue weighted by atomic mass is 10.1. The summed E-state index contributed by atoms with van der Waals surface area (Å²) in [4.78, 5) is 16.6. The van der Waals surface area contributed by atoms with Gasteiger partial charge < -0.3 is 5.32 Å². The summed E-state index contributed by atoms with van der Waals surface area (Å²) in [6, 6.07) is 14.1. The fourth-order valence-corrected chi connectivity index (χ4v) is 3.58.